The maximum atomic E-state index is 5.88. The first kappa shape index (κ1) is 12.8. The molecule has 88 valence electrons. The number of nitrogens with one attached hydrogen (secondary N) is 1. The molecule has 0 aliphatic heterocycles. The van der Waals surface area contributed by atoms with Crippen LogP contribution in [0.5, 0.6) is 5.75 Å². The lowest BCUT2D eigenvalue weighted by Crippen LogP contribution is -2.32. The average molecular weight is 242 g/mol. The molecular weight excluding hydrogens is 226 g/mol. The van der Waals surface area contributed by atoms with Gasteiger partial charge >= 0.3 is 0 Å². The van der Waals surface area contributed by atoms with Gasteiger partial charge in [-0.2, -0.15) is 0 Å². The van der Waals surface area contributed by atoms with Crippen LogP contribution in [-0.4, -0.2) is 19.0 Å². The van der Waals surface area contributed by atoms with Crippen LogP contribution in [0.2, 0.25) is 5.02 Å². The van der Waals surface area contributed by atoms with Crippen molar-refractivity contribution in [3.63, 3.8) is 0 Å². The first-order chi connectivity index (χ1) is 7.58. The van der Waals surface area contributed by atoms with Gasteiger partial charge in [-0.1, -0.05) is 11.6 Å². The van der Waals surface area contributed by atoms with E-state index < -0.39 is 0 Å². The van der Waals surface area contributed by atoms with Gasteiger partial charge in [0.05, 0.1) is 12.7 Å². The third-order valence-electron chi connectivity index (χ3n) is 1.94. The van der Waals surface area contributed by atoms with Gasteiger partial charge in [0, 0.05) is 11.1 Å². The number of methoxy groups -OCH3 is 1. The van der Waals surface area contributed by atoms with Crippen molar-refractivity contribution in [2.45, 2.75) is 19.9 Å². The van der Waals surface area contributed by atoms with Crippen molar-refractivity contribution in [3.05, 3.63) is 28.8 Å². The molecule has 0 radical (unpaired) electrons. The molecule has 0 aliphatic carbocycles. The molecule has 16 heavy (non-hydrogen) atoms. The number of hydrazine groups is 1. The van der Waals surface area contributed by atoms with Gasteiger partial charge in [-0.3, -0.25) is 4.99 Å². The minimum atomic E-state index is 0.145. The summed E-state index contributed by atoms with van der Waals surface area (Å²) in [4.78, 5) is 4.36. The second kappa shape index (κ2) is 5.72. The fourth-order valence-electron chi connectivity index (χ4n) is 1.30. The average Bonchev–Trinajstić information content (AvgIpc) is 2.25. The van der Waals surface area contributed by atoms with Crippen LogP contribution in [0.3, 0.4) is 0 Å². The fraction of sp³-hybridized carbons (Fsp3) is 0.364. The maximum absolute atomic E-state index is 5.88. The monoisotopic (exact) mass is 241 g/mol. The number of hydrogen-bond acceptors (Lipinski definition) is 3. The molecule has 0 bridgehead atoms. The van der Waals surface area contributed by atoms with Crippen LogP contribution in [0, 0.1) is 0 Å². The van der Waals surface area contributed by atoms with Crippen molar-refractivity contribution in [1.82, 2.24) is 5.43 Å². The standard InChI is InChI=1S/C11H16ClN3O/c1-7(2)14-11(15-13)9-5-4-8(12)6-10(9)16-3/h4-7H,13H2,1-3H3,(H,14,15). The van der Waals surface area contributed by atoms with Crippen molar-refractivity contribution in [1.29, 1.82) is 0 Å². The fourth-order valence-corrected chi connectivity index (χ4v) is 1.47. The van der Waals surface area contributed by atoms with Crippen molar-refractivity contribution in [2.75, 3.05) is 7.11 Å². The summed E-state index contributed by atoms with van der Waals surface area (Å²) in [6.45, 7) is 3.94. The van der Waals surface area contributed by atoms with Gasteiger partial charge in [0.2, 0.25) is 0 Å². The van der Waals surface area contributed by atoms with E-state index in [0.717, 1.165) is 5.56 Å². The van der Waals surface area contributed by atoms with Gasteiger partial charge in [0.25, 0.3) is 0 Å². The lowest BCUT2D eigenvalue weighted by Gasteiger charge is -2.12. The SMILES string of the molecule is COc1cc(Cl)ccc1C(=NC(C)C)NN. The van der Waals surface area contributed by atoms with Crippen LogP contribution in [0.4, 0.5) is 0 Å². The lowest BCUT2D eigenvalue weighted by molar-refractivity contribution is 0.413. The Labute approximate surface area is 100 Å². The highest BCUT2D eigenvalue weighted by atomic mass is 35.5. The predicted molar refractivity (Wildman–Crippen MR) is 67.0 cm³/mol. The molecule has 0 spiro atoms. The summed E-state index contributed by atoms with van der Waals surface area (Å²) in [5, 5.41) is 0.613. The van der Waals surface area contributed by atoms with E-state index in [1.165, 1.54) is 0 Å². The predicted octanol–water partition coefficient (Wildman–Crippen LogP) is 1.97. The molecule has 0 atom stereocenters. The van der Waals surface area contributed by atoms with Crippen molar-refractivity contribution < 1.29 is 4.74 Å². The molecular formula is C11H16ClN3O. The highest BCUT2D eigenvalue weighted by molar-refractivity contribution is 6.30. The summed E-state index contributed by atoms with van der Waals surface area (Å²) in [5.41, 5.74) is 3.37. The number of nitrogens with two attached hydrogens (primary N) is 1. The zero-order valence-corrected chi connectivity index (χ0v) is 10.4. The van der Waals surface area contributed by atoms with Gasteiger partial charge in [-0.15, -0.1) is 0 Å². The first-order valence-electron chi connectivity index (χ1n) is 4.96. The zero-order valence-electron chi connectivity index (χ0n) is 9.62. The minimum Gasteiger partial charge on any atom is -0.496 e. The summed E-state index contributed by atoms with van der Waals surface area (Å²) >= 11 is 5.88. The Kier molecular flexibility index (Phi) is 4.58. The van der Waals surface area contributed by atoms with Gasteiger partial charge < -0.3 is 10.2 Å². The summed E-state index contributed by atoms with van der Waals surface area (Å²) in [5.74, 6) is 6.68. The molecule has 3 N–H and O–H groups in total. The Morgan fingerprint density at radius 2 is 2.19 bits per heavy atom. The molecule has 0 aromatic heterocycles. The van der Waals surface area contributed by atoms with E-state index in [4.69, 9.17) is 22.2 Å². The van der Waals surface area contributed by atoms with Crippen LogP contribution in [0.1, 0.15) is 19.4 Å². The first-order valence-corrected chi connectivity index (χ1v) is 5.34. The Morgan fingerprint density at radius 3 is 2.69 bits per heavy atom. The van der Waals surface area contributed by atoms with Crippen molar-refractivity contribution >= 4 is 17.4 Å². The topological polar surface area (TPSA) is 59.6 Å². The van der Waals surface area contributed by atoms with Crippen molar-refractivity contribution in [2.24, 2.45) is 10.8 Å². The number of rotatable bonds is 3. The zero-order chi connectivity index (χ0) is 12.1. The number of ether oxygens (including phenoxy) is 1. The van der Waals surface area contributed by atoms with Crippen LogP contribution >= 0.6 is 11.6 Å². The van der Waals surface area contributed by atoms with E-state index >= 15 is 0 Å². The van der Waals surface area contributed by atoms with Crippen LogP contribution in [0.25, 0.3) is 0 Å². The highest BCUT2D eigenvalue weighted by Crippen LogP contribution is 2.23. The molecule has 4 nitrogen and oxygen atoms in total. The smallest absolute Gasteiger partial charge is 0.146 e. The van der Waals surface area contributed by atoms with E-state index in [1.807, 2.05) is 19.9 Å². The van der Waals surface area contributed by atoms with E-state index in [-0.39, 0.29) is 6.04 Å². The molecule has 0 saturated carbocycles. The van der Waals surface area contributed by atoms with E-state index in [2.05, 4.69) is 10.4 Å². The van der Waals surface area contributed by atoms with Crippen molar-refractivity contribution in [3.8, 4) is 5.75 Å². The maximum Gasteiger partial charge on any atom is 0.146 e. The number of hydrogen-bond donors (Lipinski definition) is 2. The van der Waals surface area contributed by atoms with Crippen LogP contribution < -0.4 is 16.0 Å². The molecule has 0 heterocycles. The third-order valence-corrected chi connectivity index (χ3v) is 2.18. The lowest BCUT2D eigenvalue weighted by atomic mass is 10.2. The summed E-state index contributed by atoms with van der Waals surface area (Å²) < 4.78 is 5.23. The molecule has 0 unspecified atom stereocenters. The minimum absolute atomic E-state index is 0.145. The van der Waals surface area contributed by atoms with Crippen LogP contribution in [-0.2, 0) is 0 Å². The Morgan fingerprint density at radius 1 is 1.50 bits per heavy atom. The Hall–Kier alpha value is -1.26. The normalized spacial score (nSPS) is 11.8. The number of amidine groups is 1. The Balaban J connectivity index is 3.19. The quantitative estimate of drug-likeness (QED) is 0.368. The molecule has 5 heteroatoms. The van der Waals surface area contributed by atoms with E-state index in [9.17, 15) is 0 Å². The summed E-state index contributed by atoms with van der Waals surface area (Å²) in [7, 11) is 1.58. The summed E-state index contributed by atoms with van der Waals surface area (Å²) in [6.07, 6.45) is 0. The van der Waals surface area contributed by atoms with E-state index in [1.54, 1.807) is 19.2 Å². The molecule has 0 amide bonds. The highest BCUT2D eigenvalue weighted by Gasteiger charge is 2.10. The molecule has 0 saturated heterocycles. The van der Waals surface area contributed by atoms with E-state index in [0.29, 0.717) is 16.6 Å². The van der Waals surface area contributed by atoms with Gasteiger partial charge in [0.15, 0.2) is 0 Å². The number of nitrogens with zero attached hydrogens (tertiary/aromatic N) is 1. The number of benzene rings is 1. The molecule has 1 aromatic carbocycles. The van der Waals surface area contributed by atoms with Crippen LogP contribution in [0.15, 0.2) is 23.2 Å². The van der Waals surface area contributed by atoms with Gasteiger partial charge in [-0.05, 0) is 32.0 Å². The van der Waals surface area contributed by atoms with Gasteiger partial charge in [0.1, 0.15) is 11.6 Å². The molecule has 0 fully saturated rings. The number of aliphatic imine (C=N–C) groups is 1. The van der Waals surface area contributed by atoms with Gasteiger partial charge in [-0.25, -0.2) is 5.84 Å². The largest absolute Gasteiger partial charge is 0.496 e. The second-order valence-electron chi connectivity index (χ2n) is 3.56. The Bertz CT molecular complexity index is 391. The summed E-state index contributed by atoms with van der Waals surface area (Å²) in [6, 6.07) is 5.46. The molecule has 1 rings (SSSR count). The second-order valence-corrected chi connectivity index (χ2v) is 4.00. The number of halogens is 1. The third kappa shape index (κ3) is 3.12. The molecule has 0 aliphatic rings. The molecule has 1 aromatic rings.